The van der Waals surface area contributed by atoms with E-state index >= 15 is 0 Å². The van der Waals surface area contributed by atoms with Crippen LogP contribution in [0.15, 0.2) is 36.4 Å². The molecule has 0 aliphatic carbocycles. The van der Waals surface area contributed by atoms with Crippen molar-refractivity contribution >= 4 is 34.6 Å². The zero-order chi connectivity index (χ0) is 18.7. The van der Waals surface area contributed by atoms with Crippen LogP contribution in [0.3, 0.4) is 0 Å². The molecular formula is C18H15ClN4O3. The minimum Gasteiger partial charge on any atom is -0.366 e. The highest BCUT2D eigenvalue weighted by Crippen LogP contribution is 2.32. The van der Waals surface area contributed by atoms with Crippen molar-refractivity contribution in [2.75, 3.05) is 23.3 Å². The SMILES string of the molecule is N#Cc1cc(NC(=O)c2ccc(N3CCCC3)c([N+](=O)[O-])c2)ccc1Cl. The molecule has 2 aromatic carbocycles. The Balaban J connectivity index is 1.86. The molecular weight excluding hydrogens is 356 g/mol. The molecule has 2 aromatic rings. The summed E-state index contributed by atoms with van der Waals surface area (Å²) in [5, 5.41) is 23.3. The first kappa shape index (κ1) is 17.7. The first-order chi connectivity index (χ1) is 12.5. The van der Waals surface area contributed by atoms with Crippen molar-refractivity contribution < 1.29 is 9.72 Å². The maximum Gasteiger partial charge on any atom is 0.293 e. The van der Waals surface area contributed by atoms with Crippen molar-refractivity contribution in [2.24, 2.45) is 0 Å². The Labute approximate surface area is 154 Å². The number of hydrogen-bond donors (Lipinski definition) is 1. The van der Waals surface area contributed by atoms with E-state index in [1.165, 1.54) is 18.2 Å². The Bertz CT molecular complexity index is 917. The summed E-state index contributed by atoms with van der Waals surface area (Å²) in [7, 11) is 0. The van der Waals surface area contributed by atoms with E-state index in [0.29, 0.717) is 11.4 Å². The van der Waals surface area contributed by atoms with Gasteiger partial charge in [-0.15, -0.1) is 0 Å². The number of rotatable bonds is 4. The number of nitro groups is 1. The summed E-state index contributed by atoms with van der Waals surface area (Å²) in [4.78, 5) is 25.4. The highest BCUT2D eigenvalue weighted by atomic mass is 35.5. The Morgan fingerprint density at radius 2 is 1.96 bits per heavy atom. The van der Waals surface area contributed by atoms with Gasteiger partial charge in [-0.1, -0.05) is 11.6 Å². The number of nitro benzene ring substituents is 1. The van der Waals surface area contributed by atoms with Crippen LogP contribution in [0.25, 0.3) is 0 Å². The summed E-state index contributed by atoms with van der Waals surface area (Å²) < 4.78 is 0. The highest BCUT2D eigenvalue weighted by Gasteiger charge is 2.24. The van der Waals surface area contributed by atoms with Crippen molar-refractivity contribution in [3.63, 3.8) is 0 Å². The molecule has 7 nitrogen and oxygen atoms in total. The van der Waals surface area contributed by atoms with Crippen molar-refractivity contribution in [3.8, 4) is 6.07 Å². The van der Waals surface area contributed by atoms with Crippen LogP contribution in [-0.2, 0) is 0 Å². The maximum absolute atomic E-state index is 12.4. The quantitative estimate of drug-likeness (QED) is 0.648. The second kappa shape index (κ2) is 7.42. The van der Waals surface area contributed by atoms with Crippen molar-refractivity contribution in [2.45, 2.75) is 12.8 Å². The molecule has 1 aliphatic rings. The van der Waals surface area contributed by atoms with Gasteiger partial charge in [0.25, 0.3) is 11.6 Å². The van der Waals surface area contributed by atoms with Gasteiger partial charge in [-0.2, -0.15) is 5.26 Å². The zero-order valence-corrected chi connectivity index (χ0v) is 14.5. The van der Waals surface area contributed by atoms with Crippen LogP contribution >= 0.6 is 11.6 Å². The number of nitrogens with zero attached hydrogens (tertiary/aromatic N) is 3. The lowest BCUT2D eigenvalue weighted by molar-refractivity contribution is -0.384. The average molecular weight is 371 g/mol. The van der Waals surface area contributed by atoms with E-state index in [9.17, 15) is 14.9 Å². The lowest BCUT2D eigenvalue weighted by Gasteiger charge is -2.17. The maximum atomic E-state index is 12.4. The fraction of sp³-hybridized carbons (Fsp3) is 0.222. The minimum absolute atomic E-state index is 0.0895. The molecule has 0 bridgehead atoms. The molecule has 1 saturated heterocycles. The van der Waals surface area contributed by atoms with Gasteiger partial charge in [0.05, 0.1) is 15.5 Å². The summed E-state index contributed by atoms with van der Waals surface area (Å²) in [6, 6.07) is 10.9. The predicted molar refractivity (Wildman–Crippen MR) is 98.7 cm³/mol. The summed E-state index contributed by atoms with van der Waals surface area (Å²) in [6.07, 6.45) is 1.99. The van der Waals surface area contributed by atoms with Crippen LogP contribution in [-0.4, -0.2) is 23.9 Å². The van der Waals surface area contributed by atoms with E-state index in [0.717, 1.165) is 25.9 Å². The molecule has 1 N–H and O–H groups in total. The van der Waals surface area contributed by atoms with Gasteiger partial charge < -0.3 is 10.2 Å². The molecule has 1 amide bonds. The topological polar surface area (TPSA) is 99.3 Å². The third kappa shape index (κ3) is 3.60. The molecule has 1 aliphatic heterocycles. The second-order valence-corrected chi connectivity index (χ2v) is 6.32. The first-order valence-electron chi connectivity index (χ1n) is 8.04. The fourth-order valence-electron chi connectivity index (χ4n) is 2.93. The molecule has 26 heavy (non-hydrogen) atoms. The molecule has 0 spiro atoms. The molecule has 0 radical (unpaired) electrons. The standard InChI is InChI=1S/C18H15ClN4O3/c19-15-5-4-14(9-13(15)11-20)21-18(24)12-3-6-16(17(10-12)23(25)26)22-7-1-2-8-22/h3-6,9-10H,1-2,7-8H2,(H,21,24). The van der Waals surface area contributed by atoms with Crippen LogP contribution in [0.5, 0.6) is 0 Å². The van der Waals surface area contributed by atoms with E-state index in [4.69, 9.17) is 16.9 Å². The van der Waals surface area contributed by atoms with Gasteiger partial charge in [0, 0.05) is 30.4 Å². The summed E-state index contributed by atoms with van der Waals surface area (Å²) in [5.41, 5.74) is 1.24. The summed E-state index contributed by atoms with van der Waals surface area (Å²) >= 11 is 5.87. The predicted octanol–water partition coefficient (Wildman–Crippen LogP) is 3.97. The second-order valence-electron chi connectivity index (χ2n) is 5.92. The number of amides is 1. The molecule has 0 saturated carbocycles. The number of carbonyl (C=O) groups is 1. The Kier molecular flexibility index (Phi) is 5.05. The van der Waals surface area contributed by atoms with Crippen LogP contribution in [0.4, 0.5) is 17.1 Å². The monoisotopic (exact) mass is 370 g/mol. The van der Waals surface area contributed by atoms with E-state index in [1.54, 1.807) is 18.2 Å². The molecule has 1 heterocycles. The molecule has 3 rings (SSSR count). The van der Waals surface area contributed by atoms with Crippen molar-refractivity contribution in [1.29, 1.82) is 5.26 Å². The van der Waals surface area contributed by atoms with Gasteiger partial charge in [-0.25, -0.2) is 0 Å². The first-order valence-corrected chi connectivity index (χ1v) is 8.42. The Morgan fingerprint density at radius 3 is 2.62 bits per heavy atom. The molecule has 132 valence electrons. The van der Waals surface area contributed by atoms with Gasteiger partial charge in [0.15, 0.2) is 0 Å². The molecule has 0 aromatic heterocycles. The largest absolute Gasteiger partial charge is 0.366 e. The molecule has 1 fully saturated rings. The molecule has 8 heteroatoms. The van der Waals surface area contributed by atoms with Gasteiger partial charge in [-0.3, -0.25) is 14.9 Å². The Morgan fingerprint density at radius 1 is 1.23 bits per heavy atom. The molecule has 0 atom stereocenters. The smallest absolute Gasteiger partial charge is 0.293 e. The number of hydrogen-bond acceptors (Lipinski definition) is 5. The van der Waals surface area contributed by atoms with E-state index < -0.39 is 10.8 Å². The Hall–Kier alpha value is -3.11. The van der Waals surface area contributed by atoms with Crippen LogP contribution in [0.2, 0.25) is 5.02 Å². The van der Waals surface area contributed by atoms with E-state index in [2.05, 4.69) is 5.32 Å². The fourth-order valence-corrected chi connectivity index (χ4v) is 3.09. The number of anilines is 2. The zero-order valence-electron chi connectivity index (χ0n) is 13.7. The van der Waals surface area contributed by atoms with Gasteiger partial charge in [-0.05, 0) is 43.2 Å². The number of nitriles is 1. The normalized spacial score (nSPS) is 13.3. The number of halogens is 1. The number of carbonyl (C=O) groups excluding carboxylic acids is 1. The van der Waals surface area contributed by atoms with Crippen molar-refractivity contribution in [3.05, 3.63) is 62.7 Å². The number of benzene rings is 2. The van der Waals surface area contributed by atoms with Gasteiger partial charge in [0.1, 0.15) is 11.8 Å². The number of nitrogens with one attached hydrogen (secondary N) is 1. The lowest BCUT2D eigenvalue weighted by atomic mass is 10.1. The lowest BCUT2D eigenvalue weighted by Crippen LogP contribution is -2.19. The summed E-state index contributed by atoms with van der Waals surface area (Å²) in [5.74, 6) is -0.493. The van der Waals surface area contributed by atoms with E-state index in [1.807, 2.05) is 11.0 Å². The van der Waals surface area contributed by atoms with E-state index in [-0.39, 0.29) is 21.8 Å². The summed E-state index contributed by atoms with van der Waals surface area (Å²) in [6.45, 7) is 1.54. The van der Waals surface area contributed by atoms with Gasteiger partial charge >= 0.3 is 0 Å². The molecule has 0 unspecified atom stereocenters. The highest BCUT2D eigenvalue weighted by molar-refractivity contribution is 6.31. The third-order valence-electron chi connectivity index (χ3n) is 4.23. The van der Waals surface area contributed by atoms with Crippen molar-refractivity contribution in [1.82, 2.24) is 0 Å². The van der Waals surface area contributed by atoms with Crippen LogP contribution in [0, 0.1) is 21.4 Å². The van der Waals surface area contributed by atoms with Crippen LogP contribution < -0.4 is 10.2 Å². The third-order valence-corrected chi connectivity index (χ3v) is 4.56. The average Bonchev–Trinajstić information content (AvgIpc) is 3.17. The van der Waals surface area contributed by atoms with Gasteiger partial charge in [0.2, 0.25) is 0 Å². The minimum atomic E-state index is -0.493. The van der Waals surface area contributed by atoms with Crippen LogP contribution in [0.1, 0.15) is 28.8 Å².